The molecule has 23 heteroatoms. The SMILES string of the molecule is CCCC[C@@H](C(=O)N[C@@H](CC(=O)O)C(=O)N[C@@H](Cc1ccccc1)C(N)=O)N(C)C(=O)[C@H](Cc1c[nH]c2ccccc12)NC(=O)CNC(=O)[C@H](Cc1ccccc1)NC(=O)[C@@H](NC(=O)[C@@H](N)CC(=O)O)C(C)c1ccc(O)cc1. The van der Waals surface area contributed by atoms with Gasteiger partial charge in [-0.1, -0.05) is 118 Å². The van der Waals surface area contributed by atoms with Crippen LogP contribution in [0.5, 0.6) is 5.75 Å². The van der Waals surface area contributed by atoms with Gasteiger partial charge in [-0.15, -0.1) is 0 Å². The molecular weight excluding hydrogens is 1020 g/mol. The summed E-state index contributed by atoms with van der Waals surface area (Å²) in [7, 11) is 1.32. The van der Waals surface area contributed by atoms with Gasteiger partial charge in [-0.2, -0.15) is 0 Å². The van der Waals surface area contributed by atoms with Crippen LogP contribution in [0.15, 0.2) is 115 Å². The number of carboxylic acids is 2. The minimum Gasteiger partial charge on any atom is -0.508 e. The largest absolute Gasteiger partial charge is 0.508 e. The number of aliphatic carboxylic acids is 2. The van der Waals surface area contributed by atoms with Crippen LogP contribution in [-0.4, -0.2) is 140 Å². The number of nitrogens with one attached hydrogen (secondary N) is 7. The fourth-order valence-electron chi connectivity index (χ4n) is 8.80. The lowest BCUT2D eigenvalue weighted by Gasteiger charge is -2.32. The molecule has 5 aromatic rings. The summed E-state index contributed by atoms with van der Waals surface area (Å²) in [6.07, 6.45) is 0.713. The highest BCUT2D eigenvalue weighted by atomic mass is 16.4. The Labute approximate surface area is 455 Å². The van der Waals surface area contributed by atoms with Crippen LogP contribution in [0.1, 0.15) is 74.1 Å². The van der Waals surface area contributed by atoms with Gasteiger partial charge in [-0.25, -0.2) is 0 Å². The van der Waals surface area contributed by atoms with Gasteiger partial charge in [0, 0.05) is 49.3 Å². The molecule has 23 nitrogen and oxygen atoms in total. The summed E-state index contributed by atoms with van der Waals surface area (Å²) in [6, 6.07) is 20.0. The molecule has 0 radical (unpaired) electrons. The van der Waals surface area contributed by atoms with Crippen LogP contribution in [0.2, 0.25) is 0 Å². The summed E-state index contributed by atoms with van der Waals surface area (Å²) < 4.78 is 0. The van der Waals surface area contributed by atoms with Crippen molar-refractivity contribution in [3.63, 3.8) is 0 Å². The van der Waals surface area contributed by atoms with E-state index in [1.54, 1.807) is 98.0 Å². The Balaban J connectivity index is 1.38. The van der Waals surface area contributed by atoms with Crippen LogP contribution in [0.3, 0.4) is 0 Å². The number of carbonyl (C=O) groups is 10. The Morgan fingerprint density at radius 3 is 1.78 bits per heavy atom. The van der Waals surface area contributed by atoms with E-state index in [0.29, 0.717) is 40.5 Å². The molecule has 420 valence electrons. The number of hydrogen-bond donors (Lipinski definition) is 12. The van der Waals surface area contributed by atoms with E-state index in [-0.39, 0.29) is 31.4 Å². The monoisotopic (exact) mass is 1090 g/mol. The summed E-state index contributed by atoms with van der Waals surface area (Å²) in [5.74, 6) is -10.9. The number of amides is 8. The molecule has 0 aliphatic rings. The van der Waals surface area contributed by atoms with Gasteiger partial charge >= 0.3 is 11.9 Å². The number of para-hydroxylation sites is 1. The number of fused-ring (bicyclic) bond motifs is 1. The highest BCUT2D eigenvalue weighted by Gasteiger charge is 2.37. The van der Waals surface area contributed by atoms with Gasteiger partial charge in [0.05, 0.1) is 25.4 Å². The molecule has 0 saturated heterocycles. The first-order chi connectivity index (χ1) is 37.6. The number of unbranched alkanes of at least 4 members (excludes halogenated alkanes) is 1. The molecular formula is C56H68N10O13. The van der Waals surface area contributed by atoms with Crippen molar-refractivity contribution < 1.29 is 63.3 Å². The number of aromatic hydroxyl groups is 1. The van der Waals surface area contributed by atoms with E-state index in [2.05, 4.69) is 36.9 Å². The number of hydrogen-bond acceptors (Lipinski definition) is 12. The van der Waals surface area contributed by atoms with Crippen LogP contribution in [0, 0.1) is 0 Å². The van der Waals surface area contributed by atoms with Crippen molar-refractivity contribution in [2.45, 2.75) is 113 Å². The number of likely N-dealkylation sites (N-methyl/N-ethyl adjacent to an activating group) is 1. The fourth-order valence-corrected chi connectivity index (χ4v) is 8.80. The van der Waals surface area contributed by atoms with Crippen molar-refractivity contribution in [3.8, 4) is 5.75 Å². The Bertz CT molecular complexity index is 2940. The maximum Gasteiger partial charge on any atom is 0.305 e. The first-order valence-corrected chi connectivity index (χ1v) is 25.6. The number of nitrogens with zero attached hydrogens (tertiary/aromatic N) is 1. The number of benzene rings is 4. The molecule has 1 heterocycles. The normalized spacial score (nSPS) is 14.1. The number of carbonyl (C=O) groups excluding carboxylic acids is 8. The third kappa shape index (κ3) is 18.3. The number of primary amides is 1. The standard InChI is InChI=1S/C56H68N10O13/c1-4-5-20-45(54(77)63-43(29-48(71)72)53(76)62-41(50(58)73)25-33-14-8-6-9-15-33)66(3)56(79)44(27-36-30-59-40-19-13-12-18-38(36)40)61-46(68)31-60-52(75)42(26-34-16-10-7-11-17-34)64-55(78)49(65-51(74)39(57)28-47(69)70)32(2)35-21-23-37(67)24-22-35/h6-19,21-24,30,32,39,41-45,49,59,67H,4-5,20,25-29,31,57H2,1-3H3,(H2,58,73)(H,60,75)(H,61,68)(H,62,76)(H,63,77)(H,64,78)(H,65,74)(H,69,70)(H,71,72)/t32?,39-,41-,42-,43-,44-,45-,49-/m0/s1. The maximum atomic E-state index is 14.8. The Morgan fingerprint density at radius 1 is 0.620 bits per heavy atom. The zero-order valence-electron chi connectivity index (χ0n) is 44.0. The van der Waals surface area contributed by atoms with Gasteiger partial charge in [0.15, 0.2) is 0 Å². The molecule has 0 bridgehead atoms. The molecule has 0 fully saturated rings. The van der Waals surface area contributed by atoms with E-state index in [1.165, 1.54) is 31.3 Å². The summed E-state index contributed by atoms with van der Waals surface area (Å²) in [6.45, 7) is 2.69. The first kappa shape index (κ1) is 60.7. The molecule has 8 atom stereocenters. The van der Waals surface area contributed by atoms with Crippen LogP contribution in [-0.2, 0) is 67.2 Å². The predicted octanol–water partition coefficient (Wildman–Crippen LogP) is 1.02. The molecule has 1 aromatic heterocycles. The molecule has 5 rings (SSSR count). The lowest BCUT2D eigenvalue weighted by atomic mass is 9.91. The van der Waals surface area contributed by atoms with Gasteiger partial charge < -0.3 is 68.6 Å². The number of aromatic nitrogens is 1. The van der Waals surface area contributed by atoms with Crippen LogP contribution in [0.4, 0.5) is 0 Å². The molecule has 0 saturated carbocycles. The summed E-state index contributed by atoms with van der Waals surface area (Å²) in [4.78, 5) is 139. The molecule has 8 amide bonds. The van der Waals surface area contributed by atoms with E-state index in [0.717, 1.165) is 10.4 Å². The zero-order valence-corrected chi connectivity index (χ0v) is 44.0. The van der Waals surface area contributed by atoms with Crippen LogP contribution < -0.4 is 43.4 Å². The Kier molecular flexibility index (Phi) is 22.6. The Morgan fingerprint density at radius 2 is 1.19 bits per heavy atom. The average molecular weight is 1090 g/mol. The average Bonchev–Trinajstić information content (AvgIpc) is 3.84. The molecule has 0 aliphatic carbocycles. The third-order valence-electron chi connectivity index (χ3n) is 13.2. The molecule has 0 aliphatic heterocycles. The fraction of sp³-hybridized carbons (Fsp3) is 0.357. The zero-order chi connectivity index (χ0) is 57.8. The van der Waals surface area contributed by atoms with E-state index in [4.69, 9.17) is 11.5 Å². The third-order valence-corrected chi connectivity index (χ3v) is 13.2. The minimum atomic E-state index is -1.72. The van der Waals surface area contributed by atoms with Crippen LogP contribution in [0.25, 0.3) is 10.9 Å². The van der Waals surface area contributed by atoms with E-state index in [1.807, 2.05) is 6.92 Å². The number of phenols is 1. The molecule has 0 spiro atoms. The van der Waals surface area contributed by atoms with E-state index >= 15 is 0 Å². The van der Waals surface area contributed by atoms with Crippen molar-refractivity contribution >= 4 is 70.1 Å². The van der Waals surface area contributed by atoms with Gasteiger partial charge in [0.1, 0.15) is 42.0 Å². The van der Waals surface area contributed by atoms with Gasteiger partial charge in [0.25, 0.3) is 0 Å². The lowest BCUT2D eigenvalue weighted by Crippen LogP contribution is -2.59. The van der Waals surface area contributed by atoms with E-state index < -0.39 is 127 Å². The number of aromatic amines is 1. The number of nitrogens with two attached hydrogens (primary N) is 2. The molecule has 1 unspecified atom stereocenters. The second kappa shape index (κ2) is 29.4. The van der Waals surface area contributed by atoms with Gasteiger partial charge in [-0.3, -0.25) is 47.9 Å². The topological polar surface area (TPSA) is 375 Å². The number of carboxylic acid groups (broad SMARTS) is 2. The van der Waals surface area contributed by atoms with Gasteiger partial charge in [-0.05, 0) is 46.9 Å². The van der Waals surface area contributed by atoms with Crippen molar-refractivity contribution in [1.29, 1.82) is 0 Å². The number of phenolic OH excluding ortho intramolecular Hbond substituents is 1. The predicted molar refractivity (Wildman–Crippen MR) is 289 cm³/mol. The van der Waals surface area contributed by atoms with Crippen LogP contribution >= 0.6 is 0 Å². The summed E-state index contributed by atoms with van der Waals surface area (Å²) >= 11 is 0. The quantitative estimate of drug-likeness (QED) is 0.0306. The van der Waals surface area contributed by atoms with Crippen molar-refractivity contribution in [2.75, 3.05) is 13.6 Å². The minimum absolute atomic E-state index is 0.0253. The van der Waals surface area contributed by atoms with E-state index in [9.17, 15) is 63.3 Å². The lowest BCUT2D eigenvalue weighted by molar-refractivity contribution is -0.144. The maximum absolute atomic E-state index is 14.8. The second-order valence-corrected chi connectivity index (χ2v) is 19.1. The Hall–Kier alpha value is -9.12. The van der Waals surface area contributed by atoms with Crippen molar-refractivity contribution in [3.05, 3.63) is 138 Å². The number of H-pyrrole nitrogens is 1. The smallest absolute Gasteiger partial charge is 0.305 e. The highest BCUT2D eigenvalue weighted by molar-refractivity contribution is 5.98. The highest BCUT2D eigenvalue weighted by Crippen LogP contribution is 2.24. The molecule has 79 heavy (non-hydrogen) atoms. The van der Waals surface area contributed by atoms with Crippen molar-refractivity contribution in [1.82, 2.24) is 41.8 Å². The summed E-state index contributed by atoms with van der Waals surface area (Å²) in [5.41, 5.74) is 14.5. The first-order valence-electron chi connectivity index (χ1n) is 25.6. The van der Waals surface area contributed by atoms with Crippen molar-refractivity contribution in [2.24, 2.45) is 11.5 Å². The number of rotatable bonds is 30. The summed E-state index contributed by atoms with van der Waals surface area (Å²) in [5, 5.41) is 45.1. The second-order valence-electron chi connectivity index (χ2n) is 19.1. The molecule has 4 aromatic carbocycles. The van der Waals surface area contributed by atoms with Gasteiger partial charge in [0.2, 0.25) is 47.3 Å². The molecule has 14 N–H and O–H groups in total.